The van der Waals surface area contributed by atoms with Gasteiger partial charge in [0.1, 0.15) is 12.7 Å². The van der Waals surface area contributed by atoms with Crippen LogP contribution in [0.15, 0.2) is 24.3 Å². The van der Waals surface area contributed by atoms with Gasteiger partial charge in [-0.25, -0.2) is 0 Å². The number of carbonyl (C=O) groups excluding carboxylic acids is 2. The highest BCUT2D eigenvalue weighted by molar-refractivity contribution is 5.79. The zero-order valence-electron chi connectivity index (χ0n) is 14.4. The molecule has 132 valence electrons. The van der Waals surface area contributed by atoms with Crippen LogP contribution in [0.25, 0.3) is 0 Å². The summed E-state index contributed by atoms with van der Waals surface area (Å²) in [5, 5.41) is 5.64. The van der Waals surface area contributed by atoms with Crippen LogP contribution in [0.2, 0.25) is 0 Å². The molecule has 7 nitrogen and oxygen atoms in total. The zero-order chi connectivity index (χ0) is 17.5. The van der Waals surface area contributed by atoms with Crippen LogP contribution in [0.3, 0.4) is 0 Å². The lowest BCUT2D eigenvalue weighted by Gasteiger charge is -2.26. The van der Waals surface area contributed by atoms with Crippen molar-refractivity contribution >= 4 is 11.8 Å². The number of quaternary nitrogens is 1. The molecule has 1 heterocycles. The summed E-state index contributed by atoms with van der Waals surface area (Å²) in [6, 6.07) is 7.56. The Morgan fingerprint density at radius 3 is 2.58 bits per heavy atom. The van der Waals surface area contributed by atoms with Crippen molar-refractivity contribution < 1.29 is 24.0 Å². The summed E-state index contributed by atoms with van der Waals surface area (Å²) >= 11 is 0. The molecule has 0 saturated carbocycles. The Hall–Kier alpha value is -2.28. The monoisotopic (exact) mass is 336 g/mol. The number of amides is 2. The summed E-state index contributed by atoms with van der Waals surface area (Å²) in [6.07, 6.45) is -0.214. The molecule has 0 spiro atoms. The van der Waals surface area contributed by atoms with Crippen molar-refractivity contribution in [2.75, 3.05) is 33.3 Å². The van der Waals surface area contributed by atoms with E-state index in [2.05, 4.69) is 10.6 Å². The molecule has 0 radical (unpaired) electrons. The van der Waals surface area contributed by atoms with Crippen molar-refractivity contribution in [2.24, 2.45) is 0 Å². The number of ether oxygens (including phenoxy) is 2. The molecule has 1 aromatic rings. The first-order valence-electron chi connectivity index (χ1n) is 8.20. The van der Waals surface area contributed by atoms with E-state index in [4.69, 9.17) is 9.47 Å². The van der Waals surface area contributed by atoms with Crippen molar-refractivity contribution in [3.63, 3.8) is 0 Å². The number of benzene rings is 1. The molecular formula is C17H26N3O4+. The number of hydrogen-bond acceptors (Lipinski definition) is 4. The summed E-state index contributed by atoms with van der Waals surface area (Å²) in [5.74, 6) is 1.24. The van der Waals surface area contributed by atoms with Crippen molar-refractivity contribution in [1.82, 2.24) is 10.6 Å². The van der Waals surface area contributed by atoms with Gasteiger partial charge in [-0.1, -0.05) is 12.1 Å². The van der Waals surface area contributed by atoms with Crippen LogP contribution in [0.5, 0.6) is 11.5 Å². The predicted octanol–water partition coefficient (Wildman–Crippen LogP) is -1.02. The van der Waals surface area contributed by atoms with E-state index in [1.807, 2.05) is 45.2 Å². The Balaban J connectivity index is 1.69. The molecule has 0 aromatic heterocycles. The van der Waals surface area contributed by atoms with Gasteiger partial charge >= 0.3 is 0 Å². The molecule has 1 aliphatic heterocycles. The number of nitrogens with one attached hydrogen (secondary N) is 3. The number of para-hydroxylation sites is 2. The highest BCUT2D eigenvalue weighted by Crippen LogP contribution is 2.30. The maximum atomic E-state index is 12.0. The summed E-state index contributed by atoms with van der Waals surface area (Å²) in [5.41, 5.74) is 0. The summed E-state index contributed by atoms with van der Waals surface area (Å²) in [7, 11) is 1.82. The highest BCUT2D eigenvalue weighted by Gasteiger charge is 2.22. The molecule has 24 heavy (non-hydrogen) atoms. The van der Waals surface area contributed by atoms with E-state index >= 15 is 0 Å². The topological polar surface area (TPSA) is 81.1 Å². The number of likely N-dealkylation sites (N-methyl/N-ethyl adjacent to an activating group) is 1. The second-order valence-electron chi connectivity index (χ2n) is 6.33. The molecule has 1 unspecified atom stereocenters. The van der Waals surface area contributed by atoms with Gasteiger partial charge in [0.15, 0.2) is 24.6 Å². The van der Waals surface area contributed by atoms with Crippen molar-refractivity contribution in [3.05, 3.63) is 24.3 Å². The maximum absolute atomic E-state index is 12.0. The third-order valence-electron chi connectivity index (χ3n) is 3.47. The lowest BCUT2D eigenvalue weighted by molar-refractivity contribution is -0.862. The van der Waals surface area contributed by atoms with Crippen LogP contribution in [0, 0.1) is 0 Å². The minimum atomic E-state index is -0.214. The lowest BCUT2D eigenvalue weighted by atomic mass is 10.2. The van der Waals surface area contributed by atoms with Gasteiger partial charge in [0, 0.05) is 6.04 Å². The standard InChI is InChI=1S/C17H25N3O4/c1-12(2)19-17(22)10-20(3)9-16(21)18-8-13-11-23-14-6-4-5-7-15(14)24-13/h4-7,12-13H,8-11H2,1-3H3,(H,18,21)(H,19,22)/p+1/t13-/m1/s1. The number of fused-ring (bicyclic) bond motifs is 1. The van der Waals surface area contributed by atoms with Gasteiger partial charge in [-0.2, -0.15) is 0 Å². The molecule has 0 fully saturated rings. The number of carbonyl (C=O) groups is 2. The van der Waals surface area contributed by atoms with E-state index in [1.54, 1.807) is 0 Å². The van der Waals surface area contributed by atoms with Crippen molar-refractivity contribution in [1.29, 1.82) is 0 Å². The molecule has 0 bridgehead atoms. The van der Waals surface area contributed by atoms with Crippen LogP contribution in [0.4, 0.5) is 0 Å². The second kappa shape index (κ2) is 8.54. The lowest BCUT2D eigenvalue weighted by Crippen LogP contribution is -3.11. The summed E-state index contributed by atoms with van der Waals surface area (Å²) < 4.78 is 11.4. The Bertz CT molecular complexity index is 577. The molecule has 0 saturated heterocycles. The molecule has 7 heteroatoms. The van der Waals surface area contributed by atoms with E-state index in [1.165, 1.54) is 0 Å². The van der Waals surface area contributed by atoms with E-state index in [-0.39, 0.29) is 37.0 Å². The minimum absolute atomic E-state index is 0.0593. The highest BCUT2D eigenvalue weighted by atomic mass is 16.6. The molecule has 1 aromatic carbocycles. The maximum Gasteiger partial charge on any atom is 0.275 e. The van der Waals surface area contributed by atoms with Gasteiger partial charge < -0.3 is 25.0 Å². The predicted molar refractivity (Wildman–Crippen MR) is 89.3 cm³/mol. The van der Waals surface area contributed by atoms with Crippen LogP contribution < -0.4 is 25.0 Å². The van der Waals surface area contributed by atoms with Gasteiger partial charge in [-0.05, 0) is 26.0 Å². The molecule has 2 rings (SSSR count). The molecular weight excluding hydrogens is 310 g/mol. The Morgan fingerprint density at radius 2 is 1.88 bits per heavy atom. The van der Waals surface area contributed by atoms with Gasteiger partial charge in [-0.15, -0.1) is 0 Å². The third-order valence-corrected chi connectivity index (χ3v) is 3.47. The van der Waals surface area contributed by atoms with Crippen molar-refractivity contribution in [2.45, 2.75) is 26.0 Å². The van der Waals surface area contributed by atoms with E-state index in [0.717, 1.165) is 10.6 Å². The van der Waals surface area contributed by atoms with E-state index in [0.29, 0.717) is 18.9 Å². The first kappa shape index (κ1) is 18.1. The van der Waals surface area contributed by atoms with Gasteiger partial charge in [0.25, 0.3) is 11.8 Å². The molecule has 3 N–H and O–H groups in total. The quantitative estimate of drug-likeness (QED) is 0.596. The van der Waals surface area contributed by atoms with Crippen LogP contribution in [-0.4, -0.2) is 57.2 Å². The van der Waals surface area contributed by atoms with Gasteiger partial charge in [-0.3, -0.25) is 9.59 Å². The fraction of sp³-hybridized carbons (Fsp3) is 0.529. The average Bonchev–Trinajstić information content (AvgIpc) is 2.51. The molecule has 2 amide bonds. The number of rotatable bonds is 7. The zero-order valence-corrected chi connectivity index (χ0v) is 14.4. The normalized spacial score (nSPS) is 17.2. The molecule has 1 aliphatic rings. The largest absolute Gasteiger partial charge is 0.486 e. The van der Waals surface area contributed by atoms with Gasteiger partial charge in [0.05, 0.1) is 13.6 Å². The third kappa shape index (κ3) is 5.73. The smallest absolute Gasteiger partial charge is 0.275 e. The fourth-order valence-corrected chi connectivity index (χ4v) is 2.44. The van der Waals surface area contributed by atoms with Gasteiger partial charge in [0.2, 0.25) is 0 Å². The van der Waals surface area contributed by atoms with Crippen molar-refractivity contribution in [3.8, 4) is 11.5 Å². The summed E-state index contributed by atoms with van der Waals surface area (Å²) in [6.45, 7) is 5.09. The van der Waals surface area contributed by atoms with E-state index < -0.39 is 0 Å². The molecule has 2 atom stereocenters. The summed E-state index contributed by atoms with van der Waals surface area (Å²) in [4.78, 5) is 24.5. The second-order valence-corrected chi connectivity index (χ2v) is 6.33. The Morgan fingerprint density at radius 1 is 1.21 bits per heavy atom. The first-order valence-corrected chi connectivity index (χ1v) is 8.20. The minimum Gasteiger partial charge on any atom is -0.486 e. The SMILES string of the molecule is CC(C)NC(=O)C[NH+](C)CC(=O)NC[C@@H]1COc2ccccc2O1. The van der Waals surface area contributed by atoms with E-state index in [9.17, 15) is 9.59 Å². The van der Waals surface area contributed by atoms with Crippen LogP contribution in [-0.2, 0) is 9.59 Å². The number of hydrogen-bond donors (Lipinski definition) is 3. The van der Waals surface area contributed by atoms with Crippen LogP contribution >= 0.6 is 0 Å². The molecule has 0 aliphatic carbocycles. The van der Waals surface area contributed by atoms with Crippen LogP contribution in [0.1, 0.15) is 13.8 Å². The first-order chi connectivity index (χ1) is 11.4. The Labute approximate surface area is 142 Å². The average molecular weight is 336 g/mol. The fourth-order valence-electron chi connectivity index (χ4n) is 2.44. The Kier molecular flexibility index (Phi) is 6.43.